The number of fused-ring (bicyclic) bond motifs is 3. The molecule has 5 rings (SSSR count). The molecule has 0 spiro atoms. The molecule has 2 aromatic carbocycles. The molecule has 0 bridgehead atoms. The van der Waals surface area contributed by atoms with Gasteiger partial charge in [0.25, 0.3) is 5.91 Å². The number of benzene rings is 2. The molecule has 0 saturated carbocycles. The van der Waals surface area contributed by atoms with Crippen molar-refractivity contribution in [3.63, 3.8) is 0 Å². The Labute approximate surface area is 248 Å². The molecular formula is C30H30Cl2N4O5. The third-order valence-corrected chi connectivity index (χ3v) is 8.09. The highest BCUT2D eigenvalue weighted by molar-refractivity contribution is 6.41. The number of rotatable bonds is 5. The number of ether oxygens (including phenoxy) is 2. The second-order valence-electron chi connectivity index (χ2n) is 11.1. The van der Waals surface area contributed by atoms with Gasteiger partial charge in [-0.25, -0.2) is 4.79 Å². The first kappa shape index (κ1) is 28.7. The van der Waals surface area contributed by atoms with E-state index in [1.165, 1.54) is 6.20 Å². The molecule has 0 aliphatic carbocycles. The number of carboxylic acid groups (broad SMARTS) is 1. The molecule has 9 nitrogen and oxygen atoms in total. The van der Waals surface area contributed by atoms with Crippen LogP contribution in [0.2, 0.25) is 10.0 Å². The van der Waals surface area contributed by atoms with E-state index >= 15 is 0 Å². The Morgan fingerprint density at radius 3 is 2.39 bits per heavy atom. The minimum atomic E-state index is -1.07. The SMILES string of the molecule is COc1cc2c(cc1-c1cncc(C(=O)O)c1C)C1C(CO2)C(C(=O)N(C)C(C)(C)C)=NN1c1cc(Cl)cc(Cl)c1. The lowest BCUT2D eigenvalue weighted by Crippen LogP contribution is -2.48. The van der Waals surface area contributed by atoms with E-state index in [9.17, 15) is 14.7 Å². The molecule has 1 N–H and O–H groups in total. The molecule has 2 unspecified atom stereocenters. The third kappa shape index (κ3) is 5.08. The molecule has 214 valence electrons. The molecule has 0 radical (unpaired) electrons. The molecule has 2 aliphatic rings. The third-order valence-electron chi connectivity index (χ3n) is 7.66. The van der Waals surface area contributed by atoms with E-state index in [4.69, 9.17) is 37.8 Å². The monoisotopic (exact) mass is 596 g/mol. The molecule has 11 heteroatoms. The largest absolute Gasteiger partial charge is 0.496 e. The molecule has 3 heterocycles. The van der Waals surface area contributed by atoms with Crippen LogP contribution in [0, 0.1) is 12.8 Å². The zero-order chi connectivity index (χ0) is 29.8. The molecule has 41 heavy (non-hydrogen) atoms. The first-order valence-electron chi connectivity index (χ1n) is 13.0. The number of methoxy groups -OCH3 is 1. The number of nitrogens with zero attached hydrogens (tertiary/aromatic N) is 4. The van der Waals surface area contributed by atoms with Gasteiger partial charge in [-0.3, -0.25) is 14.8 Å². The molecule has 1 aromatic heterocycles. The summed E-state index contributed by atoms with van der Waals surface area (Å²) in [4.78, 5) is 31.5. The van der Waals surface area contributed by atoms with Gasteiger partial charge in [0.2, 0.25) is 0 Å². The number of carbonyl (C=O) groups excluding carboxylic acids is 1. The molecule has 0 fully saturated rings. The average Bonchev–Trinajstić information content (AvgIpc) is 3.30. The fourth-order valence-electron chi connectivity index (χ4n) is 5.16. The summed E-state index contributed by atoms with van der Waals surface area (Å²) in [5.41, 5.74) is 3.17. The van der Waals surface area contributed by atoms with Crippen LogP contribution in [0.1, 0.15) is 48.3 Å². The number of halogens is 2. The number of aromatic carboxylic acids is 1. The van der Waals surface area contributed by atoms with Crippen molar-refractivity contribution >= 4 is 46.5 Å². The number of pyridine rings is 1. The van der Waals surface area contributed by atoms with E-state index in [-0.39, 0.29) is 18.1 Å². The maximum atomic E-state index is 13.8. The summed E-state index contributed by atoms with van der Waals surface area (Å²) >= 11 is 12.8. The standard InChI is InChI=1S/C30H30Cl2N4O5/c1-15-21(12-33-13-22(15)29(38)39)19-10-20-25(11-24(19)40-6)41-14-23-26(28(37)35(5)30(2,3)4)34-36(27(20)23)18-8-16(31)7-17(32)9-18/h7-13,23,27H,14H2,1-6H3,(H,38,39). The van der Waals surface area contributed by atoms with Crippen LogP contribution in [-0.4, -0.2) is 58.9 Å². The van der Waals surface area contributed by atoms with E-state index in [0.29, 0.717) is 49.6 Å². The van der Waals surface area contributed by atoms with Crippen LogP contribution in [-0.2, 0) is 4.79 Å². The molecule has 2 aliphatic heterocycles. The predicted molar refractivity (Wildman–Crippen MR) is 159 cm³/mol. The number of aromatic nitrogens is 1. The molecular weight excluding hydrogens is 567 g/mol. The van der Waals surface area contributed by atoms with Crippen molar-refractivity contribution in [2.75, 3.05) is 25.8 Å². The lowest BCUT2D eigenvalue weighted by Gasteiger charge is -2.36. The molecule has 3 aromatic rings. The van der Waals surface area contributed by atoms with Crippen LogP contribution in [0.15, 0.2) is 47.8 Å². The van der Waals surface area contributed by atoms with Crippen LogP contribution in [0.4, 0.5) is 5.69 Å². The summed E-state index contributed by atoms with van der Waals surface area (Å²) in [6, 6.07) is 8.36. The van der Waals surface area contributed by atoms with Gasteiger partial charge in [-0.15, -0.1) is 0 Å². The van der Waals surface area contributed by atoms with Gasteiger partial charge in [-0.1, -0.05) is 23.2 Å². The van der Waals surface area contributed by atoms with Crippen molar-refractivity contribution in [3.05, 3.63) is 69.5 Å². The van der Waals surface area contributed by atoms with Gasteiger partial charge in [0.15, 0.2) is 0 Å². The minimum absolute atomic E-state index is 0.0916. The van der Waals surface area contributed by atoms with E-state index in [2.05, 4.69) is 4.98 Å². The number of hydrazone groups is 1. The normalized spacial score (nSPS) is 17.8. The molecule has 1 amide bonds. The maximum Gasteiger partial charge on any atom is 0.337 e. The number of amides is 1. The Balaban J connectivity index is 1.71. The second kappa shape index (κ2) is 10.5. The molecule has 0 saturated heterocycles. The summed E-state index contributed by atoms with van der Waals surface area (Å²) in [5, 5.41) is 17.2. The van der Waals surface area contributed by atoms with Gasteiger partial charge in [-0.2, -0.15) is 5.10 Å². The minimum Gasteiger partial charge on any atom is -0.496 e. The number of hydrogen-bond donors (Lipinski definition) is 1. The summed E-state index contributed by atoms with van der Waals surface area (Å²) in [5.74, 6) is -0.634. The highest BCUT2D eigenvalue weighted by Crippen LogP contribution is 2.50. The Hall–Kier alpha value is -3.82. The van der Waals surface area contributed by atoms with E-state index in [1.54, 1.807) is 61.5 Å². The van der Waals surface area contributed by atoms with Crippen LogP contribution in [0.25, 0.3) is 11.1 Å². The van der Waals surface area contributed by atoms with Crippen LogP contribution in [0.5, 0.6) is 11.5 Å². The summed E-state index contributed by atoms with van der Waals surface area (Å²) in [6.45, 7) is 7.82. The van der Waals surface area contributed by atoms with E-state index in [0.717, 1.165) is 5.56 Å². The lowest BCUT2D eigenvalue weighted by molar-refractivity contribution is -0.127. The summed E-state index contributed by atoms with van der Waals surface area (Å²) in [6.07, 6.45) is 2.93. The predicted octanol–water partition coefficient (Wildman–Crippen LogP) is 6.25. The van der Waals surface area contributed by atoms with E-state index in [1.807, 2.05) is 26.8 Å². The number of carboxylic acids is 1. The van der Waals surface area contributed by atoms with Crippen molar-refractivity contribution in [3.8, 4) is 22.6 Å². The number of hydrogen-bond acceptors (Lipinski definition) is 7. The molecule has 2 atom stereocenters. The van der Waals surface area contributed by atoms with Crippen LogP contribution < -0.4 is 14.5 Å². The second-order valence-corrected chi connectivity index (χ2v) is 12.0. The Bertz CT molecular complexity index is 1580. The topological polar surface area (TPSA) is 105 Å². The van der Waals surface area contributed by atoms with Crippen molar-refractivity contribution in [2.24, 2.45) is 11.0 Å². The average molecular weight is 597 g/mol. The van der Waals surface area contributed by atoms with Crippen molar-refractivity contribution in [1.82, 2.24) is 9.88 Å². The number of carbonyl (C=O) groups is 2. The fourth-order valence-corrected chi connectivity index (χ4v) is 5.68. The van der Waals surface area contributed by atoms with Crippen molar-refractivity contribution in [1.29, 1.82) is 0 Å². The van der Waals surface area contributed by atoms with Gasteiger partial charge in [0.05, 0.1) is 36.9 Å². The fraction of sp³-hybridized carbons (Fsp3) is 0.333. The smallest absolute Gasteiger partial charge is 0.337 e. The summed E-state index contributed by atoms with van der Waals surface area (Å²) in [7, 11) is 3.29. The highest BCUT2D eigenvalue weighted by Gasteiger charge is 2.48. The Kier molecular flexibility index (Phi) is 7.38. The van der Waals surface area contributed by atoms with Crippen LogP contribution >= 0.6 is 23.2 Å². The van der Waals surface area contributed by atoms with Gasteiger partial charge in [0.1, 0.15) is 17.2 Å². The Morgan fingerprint density at radius 1 is 1.10 bits per heavy atom. The van der Waals surface area contributed by atoms with Crippen LogP contribution in [0.3, 0.4) is 0 Å². The lowest BCUT2D eigenvalue weighted by atomic mass is 9.85. The number of anilines is 1. The zero-order valence-electron chi connectivity index (χ0n) is 23.5. The Morgan fingerprint density at radius 2 is 1.78 bits per heavy atom. The van der Waals surface area contributed by atoms with Gasteiger partial charge >= 0.3 is 5.97 Å². The maximum absolute atomic E-state index is 13.8. The van der Waals surface area contributed by atoms with Crippen molar-refractivity contribution < 1.29 is 24.2 Å². The zero-order valence-corrected chi connectivity index (χ0v) is 25.0. The first-order chi connectivity index (χ1) is 19.3. The van der Waals surface area contributed by atoms with Gasteiger partial charge in [0, 0.05) is 57.8 Å². The van der Waals surface area contributed by atoms with Gasteiger partial charge in [-0.05, 0) is 57.5 Å². The van der Waals surface area contributed by atoms with E-state index < -0.39 is 23.5 Å². The summed E-state index contributed by atoms with van der Waals surface area (Å²) < 4.78 is 11.9. The van der Waals surface area contributed by atoms with Crippen molar-refractivity contribution in [2.45, 2.75) is 39.3 Å². The first-order valence-corrected chi connectivity index (χ1v) is 13.7. The quantitative estimate of drug-likeness (QED) is 0.371. The highest BCUT2D eigenvalue weighted by atomic mass is 35.5. The van der Waals surface area contributed by atoms with Gasteiger partial charge < -0.3 is 19.5 Å².